The summed E-state index contributed by atoms with van der Waals surface area (Å²) in [6, 6.07) is 24.9. The fraction of sp³-hybridized carbons (Fsp3) is 0.240. The fourth-order valence-electron chi connectivity index (χ4n) is 3.71. The van der Waals surface area contributed by atoms with E-state index in [1.165, 1.54) is 0 Å². The molecule has 1 amide bonds. The number of nitrogens with zero attached hydrogens (tertiary/aromatic N) is 1. The third-order valence-electron chi connectivity index (χ3n) is 5.20. The number of hydrogen-bond donors (Lipinski definition) is 2. The molecule has 0 aliphatic carbocycles. The molecular weight excluding hydrogens is 374 g/mol. The van der Waals surface area contributed by atoms with E-state index < -0.39 is 0 Å². The molecule has 1 atom stereocenters. The molecule has 0 spiro atoms. The molecule has 5 heteroatoms. The van der Waals surface area contributed by atoms with E-state index in [4.69, 9.17) is 4.74 Å². The van der Waals surface area contributed by atoms with E-state index >= 15 is 0 Å². The zero-order chi connectivity index (χ0) is 21.1. The monoisotopic (exact) mass is 401 g/mol. The van der Waals surface area contributed by atoms with Gasteiger partial charge >= 0.3 is 0 Å². The molecule has 0 bridgehead atoms. The molecule has 0 radical (unpaired) electrons. The maximum atomic E-state index is 13.0. The normalized spacial score (nSPS) is 15.5. The van der Waals surface area contributed by atoms with Gasteiger partial charge in [-0.15, -0.1) is 0 Å². The average Bonchev–Trinajstić information content (AvgIpc) is 2.74. The molecule has 4 rings (SSSR count). The van der Waals surface area contributed by atoms with Crippen molar-refractivity contribution in [3.63, 3.8) is 0 Å². The standard InChI is InChI=1S/C25H27N3O2/c1-18(28-17-25(2,3)27-22-11-7-8-12-23(22)28)24(29)26-19-13-15-21(16-14-19)30-20-9-5-4-6-10-20/h4-16,18,27H,17H2,1-3H3,(H,26,29). The SMILES string of the molecule is CC(C(=O)Nc1ccc(Oc2ccccc2)cc1)N1CC(C)(C)Nc2ccccc21. The summed E-state index contributed by atoms with van der Waals surface area (Å²) in [5.74, 6) is 1.46. The summed E-state index contributed by atoms with van der Waals surface area (Å²) in [6.07, 6.45) is 0. The van der Waals surface area contributed by atoms with E-state index in [1.54, 1.807) is 0 Å². The average molecular weight is 402 g/mol. The lowest BCUT2D eigenvalue weighted by Crippen LogP contribution is -2.54. The zero-order valence-corrected chi connectivity index (χ0v) is 17.6. The van der Waals surface area contributed by atoms with Crippen LogP contribution < -0.4 is 20.3 Å². The number of rotatable bonds is 5. The van der Waals surface area contributed by atoms with E-state index in [0.717, 1.165) is 35.1 Å². The van der Waals surface area contributed by atoms with Crippen molar-refractivity contribution < 1.29 is 9.53 Å². The van der Waals surface area contributed by atoms with Gasteiger partial charge in [-0.2, -0.15) is 0 Å². The molecule has 3 aromatic rings. The Morgan fingerprint density at radius 1 is 0.967 bits per heavy atom. The van der Waals surface area contributed by atoms with Crippen molar-refractivity contribution in [3.8, 4) is 11.5 Å². The molecule has 5 nitrogen and oxygen atoms in total. The molecule has 0 fully saturated rings. The molecule has 1 aliphatic rings. The van der Waals surface area contributed by atoms with Gasteiger partial charge in [0, 0.05) is 17.8 Å². The number of carbonyl (C=O) groups excluding carboxylic acids is 1. The summed E-state index contributed by atoms with van der Waals surface area (Å²) in [5.41, 5.74) is 2.72. The number of hydrogen-bond acceptors (Lipinski definition) is 4. The number of anilines is 3. The highest BCUT2D eigenvalue weighted by Crippen LogP contribution is 2.35. The van der Waals surface area contributed by atoms with Gasteiger partial charge in [-0.3, -0.25) is 4.79 Å². The van der Waals surface area contributed by atoms with Crippen molar-refractivity contribution in [2.24, 2.45) is 0 Å². The molecule has 2 N–H and O–H groups in total. The molecular formula is C25H27N3O2. The second kappa shape index (κ2) is 8.11. The topological polar surface area (TPSA) is 53.6 Å². The highest BCUT2D eigenvalue weighted by atomic mass is 16.5. The van der Waals surface area contributed by atoms with Crippen LogP contribution in [0.2, 0.25) is 0 Å². The quantitative estimate of drug-likeness (QED) is 0.591. The van der Waals surface area contributed by atoms with Gasteiger partial charge in [0.2, 0.25) is 5.91 Å². The van der Waals surface area contributed by atoms with Crippen molar-refractivity contribution in [2.45, 2.75) is 32.4 Å². The van der Waals surface area contributed by atoms with Crippen LogP contribution in [0.4, 0.5) is 17.1 Å². The number of amides is 1. The summed E-state index contributed by atoms with van der Waals surface area (Å²) >= 11 is 0. The second-order valence-electron chi connectivity index (χ2n) is 8.26. The van der Waals surface area contributed by atoms with E-state index in [-0.39, 0.29) is 17.5 Å². The minimum absolute atomic E-state index is 0.0424. The smallest absolute Gasteiger partial charge is 0.246 e. The fourth-order valence-corrected chi connectivity index (χ4v) is 3.71. The Hall–Kier alpha value is -3.47. The predicted molar refractivity (Wildman–Crippen MR) is 123 cm³/mol. The van der Waals surface area contributed by atoms with Crippen LogP contribution in [0.3, 0.4) is 0 Å². The van der Waals surface area contributed by atoms with E-state index in [9.17, 15) is 4.79 Å². The molecule has 3 aromatic carbocycles. The van der Waals surface area contributed by atoms with E-state index in [2.05, 4.69) is 41.5 Å². The first-order chi connectivity index (χ1) is 14.4. The molecule has 0 saturated carbocycles. The Bertz CT molecular complexity index is 1020. The lowest BCUT2D eigenvalue weighted by Gasteiger charge is -2.44. The third kappa shape index (κ3) is 4.40. The molecule has 0 saturated heterocycles. The Morgan fingerprint density at radius 3 is 2.33 bits per heavy atom. The third-order valence-corrected chi connectivity index (χ3v) is 5.20. The first-order valence-electron chi connectivity index (χ1n) is 10.2. The van der Waals surface area contributed by atoms with Crippen molar-refractivity contribution in [2.75, 3.05) is 22.1 Å². The lowest BCUT2D eigenvalue weighted by molar-refractivity contribution is -0.117. The van der Waals surface area contributed by atoms with Crippen LogP contribution in [-0.4, -0.2) is 24.0 Å². The molecule has 1 unspecified atom stereocenters. The summed E-state index contributed by atoms with van der Waals surface area (Å²) in [5, 5.41) is 6.58. The molecule has 154 valence electrons. The number of fused-ring (bicyclic) bond motifs is 1. The summed E-state index contributed by atoms with van der Waals surface area (Å²) < 4.78 is 5.82. The van der Waals surface area contributed by atoms with Gasteiger partial charge in [0.15, 0.2) is 0 Å². The van der Waals surface area contributed by atoms with Crippen LogP contribution >= 0.6 is 0 Å². The largest absolute Gasteiger partial charge is 0.457 e. The maximum Gasteiger partial charge on any atom is 0.246 e. The van der Waals surface area contributed by atoms with Gasteiger partial charge in [-0.05, 0) is 69.3 Å². The Kier molecular flexibility index (Phi) is 5.36. The van der Waals surface area contributed by atoms with Crippen LogP contribution in [0.1, 0.15) is 20.8 Å². The second-order valence-corrected chi connectivity index (χ2v) is 8.26. The Morgan fingerprint density at radius 2 is 1.60 bits per heavy atom. The van der Waals surface area contributed by atoms with Gasteiger partial charge in [0.1, 0.15) is 17.5 Å². The predicted octanol–water partition coefficient (Wildman–Crippen LogP) is 5.52. The van der Waals surface area contributed by atoms with Crippen molar-refractivity contribution in [3.05, 3.63) is 78.9 Å². The van der Waals surface area contributed by atoms with Gasteiger partial charge in [-0.25, -0.2) is 0 Å². The highest BCUT2D eigenvalue weighted by molar-refractivity contribution is 5.97. The number of carbonyl (C=O) groups is 1. The summed E-state index contributed by atoms with van der Waals surface area (Å²) in [6.45, 7) is 6.97. The highest BCUT2D eigenvalue weighted by Gasteiger charge is 2.34. The lowest BCUT2D eigenvalue weighted by atomic mass is 9.97. The number of nitrogens with one attached hydrogen (secondary N) is 2. The maximum absolute atomic E-state index is 13.0. The first kappa shape index (κ1) is 19.8. The van der Waals surface area contributed by atoms with Crippen LogP contribution in [0, 0.1) is 0 Å². The Balaban J connectivity index is 1.45. The Labute approximate surface area is 177 Å². The van der Waals surface area contributed by atoms with Gasteiger partial charge in [0.25, 0.3) is 0 Å². The number of benzene rings is 3. The molecule has 1 heterocycles. The van der Waals surface area contributed by atoms with Gasteiger partial charge in [0.05, 0.1) is 11.4 Å². The summed E-state index contributed by atoms with van der Waals surface area (Å²) in [7, 11) is 0. The molecule has 1 aliphatic heterocycles. The van der Waals surface area contributed by atoms with E-state index in [1.807, 2.05) is 73.7 Å². The van der Waals surface area contributed by atoms with Gasteiger partial charge in [-0.1, -0.05) is 30.3 Å². The minimum atomic E-state index is -0.312. The molecule has 30 heavy (non-hydrogen) atoms. The van der Waals surface area contributed by atoms with Crippen LogP contribution in [-0.2, 0) is 4.79 Å². The minimum Gasteiger partial charge on any atom is -0.457 e. The van der Waals surface area contributed by atoms with E-state index in [0.29, 0.717) is 0 Å². The first-order valence-corrected chi connectivity index (χ1v) is 10.2. The van der Waals surface area contributed by atoms with Crippen LogP contribution in [0.5, 0.6) is 11.5 Å². The summed E-state index contributed by atoms with van der Waals surface area (Å²) in [4.78, 5) is 15.2. The van der Waals surface area contributed by atoms with Crippen molar-refractivity contribution in [1.82, 2.24) is 0 Å². The van der Waals surface area contributed by atoms with Crippen molar-refractivity contribution >= 4 is 23.0 Å². The van der Waals surface area contributed by atoms with Crippen molar-refractivity contribution in [1.29, 1.82) is 0 Å². The van der Waals surface area contributed by atoms with Crippen LogP contribution in [0.25, 0.3) is 0 Å². The number of para-hydroxylation sites is 3. The zero-order valence-electron chi connectivity index (χ0n) is 17.6. The van der Waals surface area contributed by atoms with Crippen LogP contribution in [0.15, 0.2) is 78.9 Å². The number of ether oxygens (including phenoxy) is 1. The van der Waals surface area contributed by atoms with Gasteiger partial charge < -0.3 is 20.3 Å². The molecule has 0 aromatic heterocycles.